The summed E-state index contributed by atoms with van der Waals surface area (Å²) in [6.07, 6.45) is -3.57. The Morgan fingerprint density at radius 2 is 2.20 bits per heavy atom. The second kappa shape index (κ2) is 6.71. The van der Waals surface area contributed by atoms with Crippen molar-refractivity contribution in [3.8, 4) is 10.8 Å². The number of H-pyrrole nitrogens is 1. The summed E-state index contributed by atoms with van der Waals surface area (Å²) in [7, 11) is 0. The Balaban J connectivity index is 1.59. The largest absolute Gasteiger partial charge is 0.461 e. The van der Waals surface area contributed by atoms with Crippen molar-refractivity contribution < 1.29 is 27.1 Å². The first-order valence-corrected chi connectivity index (χ1v) is 8.01. The number of hydrogen-bond acceptors (Lipinski definition) is 6. The van der Waals surface area contributed by atoms with Gasteiger partial charge in [0.15, 0.2) is 16.5 Å². The second-order valence-corrected chi connectivity index (χ2v) is 5.96. The van der Waals surface area contributed by atoms with Crippen LogP contribution in [0.4, 0.5) is 13.2 Å². The Bertz CT molecular complexity index is 882. The predicted molar refractivity (Wildman–Crippen MR) is 82.1 cm³/mol. The van der Waals surface area contributed by atoms with E-state index in [4.69, 9.17) is 9.15 Å². The van der Waals surface area contributed by atoms with Crippen LogP contribution in [-0.2, 0) is 17.3 Å². The SMILES string of the molecule is Cc1ccc(-c2nc(C(=O)OCCc3cn[nH]c3C(F)(F)F)cs2)o1. The number of nitrogens with zero attached hydrogens (tertiary/aromatic N) is 2. The van der Waals surface area contributed by atoms with E-state index in [0.717, 1.165) is 12.0 Å². The molecule has 0 spiro atoms. The van der Waals surface area contributed by atoms with Crippen LogP contribution in [0, 0.1) is 6.92 Å². The molecule has 0 radical (unpaired) electrons. The highest BCUT2D eigenvalue weighted by Crippen LogP contribution is 2.30. The maximum absolute atomic E-state index is 12.7. The lowest BCUT2D eigenvalue weighted by Crippen LogP contribution is -2.12. The van der Waals surface area contributed by atoms with Gasteiger partial charge in [-0.3, -0.25) is 5.10 Å². The normalized spacial score (nSPS) is 11.7. The highest BCUT2D eigenvalue weighted by Gasteiger charge is 2.35. The van der Waals surface area contributed by atoms with Crippen LogP contribution < -0.4 is 0 Å². The van der Waals surface area contributed by atoms with E-state index < -0.39 is 17.8 Å². The molecule has 0 bridgehead atoms. The molecule has 0 aliphatic heterocycles. The van der Waals surface area contributed by atoms with Gasteiger partial charge in [-0.2, -0.15) is 18.3 Å². The number of esters is 1. The lowest BCUT2D eigenvalue weighted by Gasteiger charge is -2.07. The monoisotopic (exact) mass is 371 g/mol. The molecule has 0 aliphatic carbocycles. The zero-order valence-corrected chi connectivity index (χ0v) is 13.7. The molecule has 3 heterocycles. The third-order valence-electron chi connectivity index (χ3n) is 3.27. The van der Waals surface area contributed by atoms with Gasteiger partial charge in [0.1, 0.15) is 11.5 Å². The molecule has 0 fully saturated rings. The maximum Gasteiger partial charge on any atom is 0.433 e. The molecule has 0 aromatic carbocycles. The van der Waals surface area contributed by atoms with Crippen LogP contribution >= 0.6 is 11.3 Å². The molecule has 6 nitrogen and oxygen atoms in total. The molecular formula is C15H12F3N3O3S. The molecule has 1 N–H and O–H groups in total. The smallest absolute Gasteiger partial charge is 0.433 e. The highest BCUT2D eigenvalue weighted by atomic mass is 32.1. The van der Waals surface area contributed by atoms with Crippen LogP contribution in [0.1, 0.15) is 27.5 Å². The van der Waals surface area contributed by atoms with Crippen LogP contribution in [-0.4, -0.2) is 27.8 Å². The van der Waals surface area contributed by atoms with E-state index in [1.807, 2.05) is 5.10 Å². The Kier molecular flexibility index (Phi) is 4.62. The van der Waals surface area contributed by atoms with E-state index in [0.29, 0.717) is 10.8 Å². The minimum atomic E-state index is -4.53. The summed E-state index contributed by atoms with van der Waals surface area (Å²) in [5.41, 5.74) is -0.921. The van der Waals surface area contributed by atoms with E-state index in [9.17, 15) is 18.0 Å². The lowest BCUT2D eigenvalue weighted by atomic mass is 10.2. The molecule has 0 aliphatic rings. The standard InChI is InChI=1S/C15H12F3N3O3S/c1-8-2-3-11(24-8)13-20-10(7-25-13)14(22)23-5-4-9-6-19-21-12(9)15(16,17)18/h2-3,6-7H,4-5H2,1H3,(H,19,21). The van der Waals surface area contributed by atoms with Crippen molar-refractivity contribution in [3.05, 3.63) is 46.4 Å². The van der Waals surface area contributed by atoms with E-state index in [1.165, 1.54) is 16.7 Å². The fourth-order valence-corrected chi connectivity index (χ4v) is 2.85. The summed E-state index contributed by atoms with van der Waals surface area (Å²) in [4.78, 5) is 16.1. The third kappa shape index (κ3) is 3.90. The van der Waals surface area contributed by atoms with Crippen LogP contribution in [0.5, 0.6) is 0 Å². The van der Waals surface area contributed by atoms with Crippen molar-refractivity contribution in [1.82, 2.24) is 15.2 Å². The van der Waals surface area contributed by atoms with Gasteiger partial charge in [0, 0.05) is 17.4 Å². The van der Waals surface area contributed by atoms with Crippen molar-refractivity contribution in [3.63, 3.8) is 0 Å². The van der Waals surface area contributed by atoms with Gasteiger partial charge in [-0.15, -0.1) is 11.3 Å². The number of aryl methyl sites for hydroxylation is 1. The van der Waals surface area contributed by atoms with E-state index >= 15 is 0 Å². The summed E-state index contributed by atoms with van der Waals surface area (Å²) < 4.78 is 48.5. The number of rotatable bonds is 5. The molecule has 0 saturated carbocycles. The molecule has 3 aromatic heterocycles. The number of thiazole rings is 1. The fraction of sp³-hybridized carbons (Fsp3) is 0.267. The molecular weight excluding hydrogens is 359 g/mol. The van der Waals surface area contributed by atoms with Crippen molar-refractivity contribution in [2.75, 3.05) is 6.61 Å². The van der Waals surface area contributed by atoms with Crippen LogP contribution in [0.3, 0.4) is 0 Å². The zero-order chi connectivity index (χ0) is 18.0. The van der Waals surface area contributed by atoms with Crippen molar-refractivity contribution in [1.29, 1.82) is 0 Å². The number of carbonyl (C=O) groups excluding carboxylic acids is 1. The van der Waals surface area contributed by atoms with Gasteiger partial charge in [-0.05, 0) is 19.1 Å². The zero-order valence-electron chi connectivity index (χ0n) is 12.9. The minimum absolute atomic E-state index is 0.0645. The van der Waals surface area contributed by atoms with Crippen molar-refractivity contribution in [2.45, 2.75) is 19.5 Å². The minimum Gasteiger partial charge on any atom is -0.461 e. The van der Waals surface area contributed by atoms with Gasteiger partial charge in [0.05, 0.1) is 12.8 Å². The first-order chi connectivity index (χ1) is 11.8. The Morgan fingerprint density at radius 1 is 1.40 bits per heavy atom. The summed E-state index contributed by atoms with van der Waals surface area (Å²) >= 11 is 1.21. The predicted octanol–water partition coefficient (Wildman–Crippen LogP) is 3.85. The summed E-state index contributed by atoms with van der Waals surface area (Å²) in [6, 6.07) is 3.51. The van der Waals surface area contributed by atoms with E-state index in [1.54, 1.807) is 19.1 Å². The number of furan rings is 1. The van der Waals surface area contributed by atoms with Crippen LogP contribution in [0.25, 0.3) is 10.8 Å². The fourth-order valence-electron chi connectivity index (χ4n) is 2.10. The Hall–Kier alpha value is -2.62. The molecule has 3 rings (SSSR count). The van der Waals surface area contributed by atoms with Gasteiger partial charge < -0.3 is 9.15 Å². The summed E-state index contributed by atoms with van der Waals surface area (Å²) in [5, 5.41) is 7.31. The van der Waals surface area contributed by atoms with E-state index in [-0.39, 0.29) is 24.3 Å². The molecule has 10 heteroatoms. The molecule has 0 saturated heterocycles. The Morgan fingerprint density at radius 3 is 2.88 bits per heavy atom. The topological polar surface area (TPSA) is 81.0 Å². The maximum atomic E-state index is 12.7. The molecule has 0 unspecified atom stereocenters. The van der Waals surface area contributed by atoms with E-state index in [2.05, 4.69) is 10.1 Å². The summed E-state index contributed by atoms with van der Waals surface area (Å²) in [5.74, 6) is 0.549. The number of aromatic nitrogens is 3. The average molecular weight is 371 g/mol. The molecule has 0 atom stereocenters. The highest BCUT2D eigenvalue weighted by molar-refractivity contribution is 7.13. The van der Waals surface area contributed by atoms with Gasteiger partial charge >= 0.3 is 12.1 Å². The van der Waals surface area contributed by atoms with Gasteiger partial charge in [0.25, 0.3) is 0 Å². The van der Waals surface area contributed by atoms with Gasteiger partial charge in [0.2, 0.25) is 0 Å². The molecule has 0 amide bonds. The molecule has 3 aromatic rings. The number of ether oxygens (including phenoxy) is 1. The second-order valence-electron chi connectivity index (χ2n) is 5.10. The van der Waals surface area contributed by atoms with Crippen LogP contribution in [0.2, 0.25) is 0 Å². The van der Waals surface area contributed by atoms with Crippen molar-refractivity contribution >= 4 is 17.3 Å². The first-order valence-electron chi connectivity index (χ1n) is 7.13. The number of carbonyl (C=O) groups is 1. The van der Waals surface area contributed by atoms with Gasteiger partial charge in [-0.25, -0.2) is 9.78 Å². The number of hydrogen-bond donors (Lipinski definition) is 1. The van der Waals surface area contributed by atoms with Gasteiger partial charge in [-0.1, -0.05) is 0 Å². The first kappa shape index (κ1) is 17.2. The van der Waals surface area contributed by atoms with Crippen molar-refractivity contribution in [2.24, 2.45) is 0 Å². The van der Waals surface area contributed by atoms with Crippen LogP contribution in [0.15, 0.2) is 28.1 Å². The number of nitrogens with one attached hydrogen (secondary N) is 1. The average Bonchev–Trinajstić information content (AvgIpc) is 3.25. The summed E-state index contributed by atoms with van der Waals surface area (Å²) in [6.45, 7) is 1.57. The lowest BCUT2D eigenvalue weighted by molar-refractivity contribution is -0.141. The third-order valence-corrected chi connectivity index (χ3v) is 4.13. The number of halogens is 3. The Labute approximate surface area is 143 Å². The quantitative estimate of drug-likeness (QED) is 0.689. The number of alkyl halides is 3. The molecule has 25 heavy (non-hydrogen) atoms. The molecule has 132 valence electrons. The number of aromatic amines is 1.